The molecule has 0 aromatic rings. The first-order valence-electron chi connectivity index (χ1n) is 9.28. The number of hydrogen-bond donors (Lipinski definition) is 2. The summed E-state index contributed by atoms with van der Waals surface area (Å²) in [5, 5.41) is 15.1. The van der Waals surface area contributed by atoms with Crippen LogP contribution < -0.4 is 0 Å². The summed E-state index contributed by atoms with van der Waals surface area (Å²) in [5.41, 5.74) is 5.16. The van der Waals surface area contributed by atoms with Crippen LogP contribution in [0.15, 0.2) is 47.0 Å². The Labute approximate surface area is 159 Å². The van der Waals surface area contributed by atoms with Crippen molar-refractivity contribution in [3.05, 3.63) is 47.0 Å². The molecule has 0 amide bonds. The minimum absolute atomic E-state index is 0.584. The minimum atomic E-state index is 0.584. The molecule has 4 heteroatoms. The van der Waals surface area contributed by atoms with E-state index >= 15 is 0 Å². The highest BCUT2D eigenvalue weighted by Crippen LogP contribution is 2.06. The molecular weight excluding hydrogens is 324 g/mol. The van der Waals surface area contributed by atoms with Crippen LogP contribution in [0.25, 0.3) is 0 Å². The number of allylic oxidation sites excluding steroid dienone is 6. The van der Waals surface area contributed by atoms with Crippen molar-refractivity contribution in [1.29, 1.82) is 10.8 Å². The Kier molecular flexibility index (Phi) is 13.0. The summed E-state index contributed by atoms with van der Waals surface area (Å²) in [6.07, 6.45) is 11.8. The molecule has 0 radical (unpaired) electrons. The van der Waals surface area contributed by atoms with Crippen molar-refractivity contribution >= 4 is 11.4 Å². The number of ether oxygens (including phenoxy) is 2. The van der Waals surface area contributed by atoms with Gasteiger partial charge in [0, 0.05) is 11.4 Å². The van der Waals surface area contributed by atoms with Crippen molar-refractivity contribution in [3.8, 4) is 0 Å². The van der Waals surface area contributed by atoms with Gasteiger partial charge in [0.05, 0.1) is 25.7 Å². The normalized spacial score (nSPS) is 13.6. The maximum absolute atomic E-state index is 7.54. The van der Waals surface area contributed by atoms with Crippen LogP contribution in [0.3, 0.4) is 0 Å². The topological polar surface area (TPSA) is 66.2 Å². The van der Waals surface area contributed by atoms with Gasteiger partial charge in [-0.15, -0.1) is 0 Å². The predicted molar refractivity (Wildman–Crippen MR) is 112 cm³/mol. The molecule has 0 saturated heterocycles. The summed E-state index contributed by atoms with van der Waals surface area (Å²) in [6.45, 7) is 12.9. The Morgan fingerprint density at radius 1 is 0.615 bits per heavy atom. The molecule has 0 spiro atoms. The fourth-order valence-corrected chi connectivity index (χ4v) is 2.07. The van der Waals surface area contributed by atoms with E-state index in [1.54, 1.807) is 26.4 Å². The molecular formula is C22H36N2O2. The van der Waals surface area contributed by atoms with Gasteiger partial charge in [-0.25, -0.2) is 0 Å². The number of unbranched alkanes of at least 4 members (excludes halogenated alkanes) is 3. The van der Waals surface area contributed by atoms with Crippen LogP contribution in [0, 0.1) is 10.8 Å². The van der Waals surface area contributed by atoms with Crippen LogP contribution in [-0.2, 0) is 9.47 Å². The van der Waals surface area contributed by atoms with E-state index in [4.69, 9.17) is 20.3 Å². The fraction of sp³-hybridized carbons (Fsp3) is 0.545. The summed E-state index contributed by atoms with van der Waals surface area (Å²) >= 11 is 0. The van der Waals surface area contributed by atoms with E-state index in [1.807, 2.05) is 39.8 Å². The zero-order chi connectivity index (χ0) is 19.9. The number of rotatable bonds is 13. The van der Waals surface area contributed by atoms with E-state index in [1.165, 1.54) is 0 Å². The third-order valence-corrected chi connectivity index (χ3v) is 3.88. The highest BCUT2D eigenvalue weighted by molar-refractivity contribution is 5.95. The van der Waals surface area contributed by atoms with Crippen molar-refractivity contribution in [2.75, 3.05) is 13.2 Å². The smallest absolute Gasteiger partial charge is 0.0873 e. The fourth-order valence-electron chi connectivity index (χ4n) is 2.07. The Bertz CT molecular complexity index is 529. The maximum Gasteiger partial charge on any atom is 0.0873 e. The molecule has 26 heavy (non-hydrogen) atoms. The van der Waals surface area contributed by atoms with Gasteiger partial charge in [0.1, 0.15) is 0 Å². The molecule has 0 heterocycles. The van der Waals surface area contributed by atoms with Gasteiger partial charge < -0.3 is 20.3 Å². The van der Waals surface area contributed by atoms with Gasteiger partial charge in [-0.05, 0) is 89.5 Å². The molecule has 0 aromatic heterocycles. The van der Waals surface area contributed by atoms with Gasteiger partial charge in [0.25, 0.3) is 0 Å². The summed E-state index contributed by atoms with van der Waals surface area (Å²) in [5.74, 6) is 0. The summed E-state index contributed by atoms with van der Waals surface area (Å²) < 4.78 is 11.1. The first-order chi connectivity index (χ1) is 12.2. The van der Waals surface area contributed by atoms with Gasteiger partial charge in [-0.2, -0.15) is 0 Å². The first-order valence-corrected chi connectivity index (χ1v) is 9.28. The molecule has 0 unspecified atom stereocenters. The van der Waals surface area contributed by atoms with E-state index in [9.17, 15) is 0 Å². The standard InChI is InChI=1S/C22H36N2O2/c1-17(13-19(3)21(5)23)15-25-11-9-7-8-10-12-26-16-18(2)14-20(4)22(6)24/h13-16,23-24H,7-12H2,1-6H3/b17-15-,18-16-,19-13-,20-14-,23-21?,24-22?. The lowest BCUT2D eigenvalue weighted by Gasteiger charge is -2.04. The van der Waals surface area contributed by atoms with E-state index < -0.39 is 0 Å². The molecule has 0 aliphatic heterocycles. The van der Waals surface area contributed by atoms with E-state index in [2.05, 4.69) is 0 Å². The van der Waals surface area contributed by atoms with Crippen molar-refractivity contribution in [3.63, 3.8) is 0 Å². The second-order valence-corrected chi connectivity index (χ2v) is 6.78. The van der Waals surface area contributed by atoms with Crippen molar-refractivity contribution < 1.29 is 9.47 Å². The third kappa shape index (κ3) is 13.2. The molecule has 4 nitrogen and oxygen atoms in total. The van der Waals surface area contributed by atoms with Crippen LogP contribution in [0.5, 0.6) is 0 Å². The molecule has 0 atom stereocenters. The lowest BCUT2D eigenvalue weighted by Crippen LogP contribution is -1.93. The first kappa shape index (κ1) is 23.9. The lowest BCUT2D eigenvalue weighted by molar-refractivity contribution is 0.225. The van der Waals surface area contributed by atoms with Gasteiger partial charge in [0.15, 0.2) is 0 Å². The highest BCUT2D eigenvalue weighted by atomic mass is 16.5. The molecule has 0 aliphatic carbocycles. The predicted octanol–water partition coefficient (Wildman–Crippen LogP) is 6.36. The Morgan fingerprint density at radius 3 is 1.27 bits per heavy atom. The molecule has 0 fully saturated rings. The van der Waals surface area contributed by atoms with Gasteiger partial charge in [-0.1, -0.05) is 12.2 Å². The van der Waals surface area contributed by atoms with Crippen LogP contribution in [0.2, 0.25) is 0 Å². The summed E-state index contributed by atoms with van der Waals surface area (Å²) in [7, 11) is 0. The minimum Gasteiger partial charge on any atom is -0.501 e. The van der Waals surface area contributed by atoms with E-state index in [0.29, 0.717) is 11.4 Å². The van der Waals surface area contributed by atoms with E-state index in [0.717, 1.165) is 61.2 Å². The molecule has 0 aromatic carbocycles. The molecule has 2 N–H and O–H groups in total. The average molecular weight is 361 g/mol. The summed E-state index contributed by atoms with van der Waals surface area (Å²) in [4.78, 5) is 0. The Balaban J connectivity index is 3.77. The van der Waals surface area contributed by atoms with E-state index in [-0.39, 0.29) is 0 Å². The Hall–Kier alpha value is -2.10. The second-order valence-electron chi connectivity index (χ2n) is 6.78. The largest absolute Gasteiger partial charge is 0.501 e. The van der Waals surface area contributed by atoms with Gasteiger partial charge >= 0.3 is 0 Å². The quantitative estimate of drug-likeness (QED) is 0.174. The number of hydrogen-bond acceptors (Lipinski definition) is 4. The molecule has 0 rings (SSSR count). The Morgan fingerprint density at radius 2 is 0.962 bits per heavy atom. The molecule has 0 bridgehead atoms. The maximum atomic E-state index is 7.54. The molecule has 0 aliphatic rings. The molecule has 0 saturated carbocycles. The van der Waals surface area contributed by atoms with Crippen molar-refractivity contribution in [2.45, 2.75) is 67.2 Å². The van der Waals surface area contributed by atoms with Crippen molar-refractivity contribution in [2.24, 2.45) is 0 Å². The third-order valence-electron chi connectivity index (χ3n) is 3.88. The van der Waals surface area contributed by atoms with Crippen LogP contribution in [0.4, 0.5) is 0 Å². The number of nitrogens with one attached hydrogen (secondary N) is 2. The SMILES string of the molecule is CC(=N)/C(C)=C\C(C)=C/OCCCCCCO/C=C(C)\C=C(\C)C(C)=N. The van der Waals surface area contributed by atoms with Crippen LogP contribution in [0.1, 0.15) is 67.2 Å². The monoisotopic (exact) mass is 360 g/mol. The zero-order valence-corrected chi connectivity index (χ0v) is 17.4. The van der Waals surface area contributed by atoms with Gasteiger partial charge in [-0.3, -0.25) is 0 Å². The molecule has 146 valence electrons. The van der Waals surface area contributed by atoms with Crippen LogP contribution in [-0.4, -0.2) is 24.6 Å². The lowest BCUT2D eigenvalue weighted by atomic mass is 10.1. The highest BCUT2D eigenvalue weighted by Gasteiger charge is 1.95. The summed E-state index contributed by atoms with van der Waals surface area (Å²) in [6, 6.07) is 0. The van der Waals surface area contributed by atoms with Gasteiger partial charge in [0.2, 0.25) is 0 Å². The average Bonchev–Trinajstić information content (AvgIpc) is 2.56. The van der Waals surface area contributed by atoms with Crippen molar-refractivity contribution in [1.82, 2.24) is 0 Å². The zero-order valence-electron chi connectivity index (χ0n) is 17.4. The second kappa shape index (κ2) is 14.1. The van der Waals surface area contributed by atoms with Crippen LogP contribution >= 0.6 is 0 Å².